The van der Waals surface area contributed by atoms with E-state index in [9.17, 15) is 9.59 Å². The number of anilines is 1. The first-order valence-electron chi connectivity index (χ1n) is 5.59. The second-order valence-corrected chi connectivity index (χ2v) is 4.64. The van der Waals surface area contributed by atoms with Gasteiger partial charge in [-0.05, 0) is 37.1 Å². The molecule has 17 heavy (non-hydrogen) atoms. The van der Waals surface area contributed by atoms with Crippen molar-refractivity contribution in [3.8, 4) is 0 Å². The third kappa shape index (κ3) is 2.50. The second kappa shape index (κ2) is 4.88. The van der Waals surface area contributed by atoms with Crippen LogP contribution in [-0.4, -0.2) is 24.1 Å². The summed E-state index contributed by atoms with van der Waals surface area (Å²) >= 11 is 5.77. The summed E-state index contributed by atoms with van der Waals surface area (Å²) in [5, 5.41) is 0. The summed E-state index contributed by atoms with van der Waals surface area (Å²) in [6.07, 6.45) is 0.512. The molecule has 2 rings (SSSR count). The predicted octanol–water partition coefficient (Wildman–Crippen LogP) is 2.48. The molecule has 0 N–H and O–H groups in total. The number of rotatable bonds is 3. The number of halogens is 1. The number of alkyl halides is 1. The molecule has 0 spiro atoms. The Morgan fingerprint density at radius 1 is 1.41 bits per heavy atom. The summed E-state index contributed by atoms with van der Waals surface area (Å²) in [7, 11) is 0. The summed E-state index contributed by atoms with van der Waals surface area (Å²) < 4.78 is 0. The fraction of sp³-hybridized carbons (Fsp3) is 0.385. The van der Waals surface area contributed by atoms with E-state index in [-0.39, 0.29) is 17.6 Å². The van der Waals surface area contributed by atoms with Crippen LogP contribution in [0.25, 0.3) is 0 Å². The van der Waals surface area contributed by atoms with E-state index in [0.29, 0.717) is 24.4 Å². The largest absolute Gasteiger partial charge is 0.312 e. The summed E-state index contributed by atoms with van der Waals surface area (Å²) in [4.78, 5) is 24.6. The van der Waals surface area contributed by atoms with E-state index < -0.39 is 0 Å². The summed E-state index contributed by atoms with van der Waals surface area (Å²) in [6, 6.07) is 7.12. The molecule has 1 amide bonds. The molecule has 90 valence electrons. The van der Waals surface area contributed by atoms with Crippen molar-refractivity contribution in [2.24, 2.45) is 5.92 Å². The van der Waals surface area contributed by atoms with E-state index in [0.717, 1.165) is 5.69 Å². The maximum absolute atomic E-state index is 11.8. The van der Waals surface area contributed by atoms with Crippen molar-refractivity contribution in [3.63, 3.8) is 0 Å². The standard InChI is InChI=1S/C13H14ClNO2/c1-9(16)11-2-4-12(5-3-11)15-8-10(7-14)6-13(15)17/h2-5,10H,6-8H2,1H3. The number of amides is 1. The SMILES string of the molecule is CC(=O)c1ccc(N2CC(CCl)CC2=O)cc1. The van der Waals surface area contributed by atoms with Gasteiger partial charge in [0.25, 0.3) is 0 Å². The zero-order valence-corrected chi connectivity index (χ0v) is 10.4. The van der Waals surface area contributed by atoms with E-state index in [2.05, 4.69) is 0 Å². The summed E-state index contributed by atoms with van der Waals surface area (Å²) in [5.41, 5.74) is 1.50. The summed E-state index contributed by atoms with van der Waals surface area (Å²) in [6.45, 7) is 2.20. The first-order valence-corrected chi connectivity index (χ1v) is 6.12. The van der Waals surface area contributed by atoms with Crippen LogP contribution in [0.3, 0.4) is 0 Å². The van der Waals surface area contributed by atoms with Gasteiger partial charge in [0.2, 0.25) is 5.91 Å². The Bertz CT molecular complexity index is 441. The maximum atomic E-state index is 11.8. The van der Waals surface area contributed by atoms with Crippen molar-refractivity contribution >= 4 is 29.0 Å². The number of nitrogens with zero attached hydrogens (tertiary/aromatic N) is 1. The van der Waals surface area contributed by atoms with Crippen LogP contribution in [0.15, 0.2) is 24.3 Å². The molecule has 1 unspecified atom stereocenters. The van der Waals surface area contributed by atoms with Crippen LogP contribution in [0.4, 0.5) is 5.69 Å². The molecular formula is C13H14ClNO2. The van der Waals surface area contributed by atoms with Gasteiger partial charge in [-0.1, -0.05) is 0 Å². The Morgan fingerprint density at radius 2 is 2.06 bits per heavy atom. The predicted molar refractivity (Wildman–Crippen MR) is 67.6 cm³/mol. The van der Waals surface area contributed by atoms with Gasteiger partial charge in [-0.3, -0.25) is 9.59 Å². The van der Waals surface area contributed by atoms with Gasteiger partial charge in [-0.15, -0.1) is 11.6 Å². The maximum Gasteiger partial charge on any atom is 0.227 e. The van der Waals surface area contributed by atoms with Gasteiger partial charge >= 0.3 is 0 Å². The van der Waals surface area contributed by atoms with E-state index in [1.807, 2.05) is 12.1 Å². The van der Waals surface area contributed by atoms with Crippen LogP contribution in [-0.2, 0) is 4.79 Å². The molecule has 1 atom stereocenters. The number of carbonyl (C=O) groups excluding carboxylic acids is 2. The average Bonchev–Trinajstić information content (AvgIpc) is 2.71. The van der Waals surface area contributed by atoms with Crippen molar-refractivity contribution in [3.05, 3.63) is 29.8 Å². The molecule has 3 nitrogen and oxygen atoms in total. The molecule has 0 aliphatic carbocycles. The number of Topliss-reactive ketones (excluding diaryl/α,β-unsaturated/α-hetero) is 1. The van der Waals surface area contributed by atoms with E-state index in [4.69, 9.17) is 11.6 Å². The van der Waals surface area contributed by atoms with Crippen LogP contribution in [0.2, 0.25) is 0 Å². The van der Waals surface area contributed by atoms with Crippen molar-refractivity contribution in [1.29, 1.82) is 0 Å². The lowest BCUT2D eigenvalue weighted by molar-refractivity contribution is -0.117. The fourth-order valence-corrected chi connectivity index (χ4v) is 2.22. The van der Waals surface area contributed by atoms with Crippen LogP contribution in [0.5, 0.6) is 0 Å². The Balaban J connectivity index is 2.18. The van der Waals surface area contributed by atoms with Crippen LogP contribution in [0, 0.1) is 5.92 Å². The highest BCUT2D eigenvalue weighted by atomic mass is 35.5. The molecule has 1 aliphatic heterocycles. The van der Waals surface area contributed by atoms with Crippen molar-refractivity contribution < 1.29 is 9.59 Å². The number of benzene rings is 1. The normalized spacial score (nSPS) is 19.8. The van der Waals surface area contributed by atoms with Gasteiger partial charge in [-0.2, -0.15) is 0 Å². The number of hydrogen-bond donors (Lipinski definition) is 0. The molecule has 1 saturated heterocycles. The molecule has 0 aromatic heterocycles. The highest BCUT2D eigenvalue weighted by Gasteiger charge is 2.29. The third-order valence-corrected chi connectivity index (χ3v) is 3.45. The number of carbonyl (C=O) groups is 2. The lowest BCUT2D eigenvalue weighted by atomic mass is 10.1. The monoisotopic (exact) mass is 251 g/mol. The minimum atomic E-state index is 0.0305. The van der Waals surface area contributed by atoms with Crippen molar-refractivity contribution in [2.45, 2.75) is 13.3 Å². The fourth-order valence-electron chi connectivity index (χ4n) is 2.01. The Hall–Kier alpha value is -1.35. The van der Waals surface area contributed by atoms with Crippen molar-refractivity contribution in [1.82, 2.24) is 0 Å². The number of hydrogen-bond acceptors (Lipinski definition) is 2. The minimum Gasteiger partial charge on any atom is -0.312 e. The van der Waals surface area contributed by atoms with E-state index in [1.165, 1.54) is 6.92 Å². The third-order valence-electron chi connectivity index (χ3n) is 3.01. The topological polar surface area (TPSA) is 37.4 Å². The molecule has 1 aliphatic rings. The van der Waals surface area contributed by atoms with E-state index in [1.54, 1.807) is 17.0 Å². The molecule has 1 aromatic carbocycles. The van der Waals surface area contributed by atoms with Gasteiger partial charge < -0.3 is 4.90 Å². The Morgan fingerprint density at radius 3 is 2.53 bits per heavy atom. The highest BCUT2D eigenvalue weighted by molar-refractivity contribution is 6.18. The van der Waals surface area contributed by atoms with Gasteiger partial charge in [-0.25, -0.2) is 0 Å². The number of ketones is 1. The van der Waals surface area contributed by atoms with Crippen molar-refractivity contribution in [2.75, 3.05) is 17.3 Å². The first kappa shape index (κ1) is 12.1. The van der Waals surface area contributed by atoms with Gasteiger partial charge in [0.1, 0.15) is 0 Å². The zero-order chi connectivity index (χ0) is 12.4. The Kier molecular flexibility index (Phi) is 3.48. The summed E-state index contributed by atoms with van der Waals surface area (Å²) in [5.74, 6) is 0.874. The molecule has 0 saturated carbocycles. The van der Waals surface area contributed by atoms with Crippen LogP contribution < -0.4 is 4.90 Å². The van der Waals surface area contributed by atoms with Gasteiger partial charge in [0.05, 0.1) is 0 Å². The Labute approximate surface area is 105 Å². The second-order valence-electron chi connectivity index (χ2n) is 4.33. The quantitative estimate of drug-likeness (QED) is 0.611. The molecule has 4 heteroatoms. The van der Waals surface area contributed by atoms with Gasteiger partial charge in [0, 0.05) is 30.1 Å². The average molecular weight is 252 g/mol. The molecule has 0 radical (unpaired) electrons. The smallest absolute Gasteiger partial charge is 0.227 e. The molecule has 1 aromatic rings. The van der Waals surface area contributed by atoms with Crippen LogP contribution in [0.1, 0.15) is 23.7 Å². The minimum absolute atomic E-state index is 0.0305. The molecule has 1 fully saturated rings. The zero-order valence-electron chi connectivity index (χ0n) is 9.65. The highest BCUT2D eigenvalue weighted by Crippen LogP contribution is 2.25. The van der Waals surface area contributed by atoms with Gasteiger partial charge in [0.15, 0.2) is 5.78 Å². The van der Waals surface area contributed by atoms with E-state index >= 15 is 0 Å². The lowest BCUT2D eigenvalue weighted by Gasteiger charge is -2.16. The molecule has 0 bridgehead atoms. The lowest BCUT2D eigenvalue weighted by Crippen LogP contribution is -2.24. The van der Waals surface area contributed by atoms with Crippen LogP contribution >= 0.6 is 11.6 Å². The molecular weight excluding hydrogens is 238 g/mol. The molecule has 1 heterocycles. The first-order chi connectivity index (χ1) is 8.11.